The number of anilines is 1. The van der Waals surface area contributed by atoms with E-state index < -0.39 is 5.60 Å². The lowest BCUT2D eigenvalue weighted by atomic mass is 10.0. The Hall–Kier alpha value is -2.41. The van der Waals surface area contributed by atoms with Crippen LogP contribution in [0.1, 0.15) is 33.6 Å². The number of likely N-dealkylation sites (tertiary alicyclic amines) is 1. The summed E-state index contributed by atoms with van der Waals surface area (Å²) in [5.41, 5.74) is 2.24. The molecule has 1 amide bonds. The number of hydrogen-bond donors (Lipinski definition) is 1. The van der Waals surface area contributed by atoms with Crippen LogP contribution in [-0.2, 0) is 4.74 Å². The first-order valence-electron chi connectivity index (χ1n) is 8.97. The molecule has 0 radical (unpaired) electrons. The number of carbonyl (C=O) groups is 1. The van der Waals surface area contributed by atoms with Crippen molar-refractivity contribution in [2.45, 2.75) is 45.3 Å². The quantitative estimate of drug-likeness (QED) is 0.799. The minimum absolute atomic E-state index is 0.220. The maximum atomic E-state index is 12.2. The van der Waals surface area contributed by atoms with Crippen LogP contribution in [0.2, 0.25) is 5.28 Å². The fourth-order valence-corrected chi connectivity index (χ4v) is 3.00. The Balaban J connectivity index is 1.57. The Labute approximate surface area is 164 Å². The van der Waals surface area contributed by atoms with E-state index in [-0.39, 0.29) is 17.4 Å². The van der Waals surface area contributed by atoms with Gasteiger partial charge in [0.1, 0.15) is 5.60 Å². The third kappa shape index (κ3) is 5.53. The van der Waals surface area contributed by atoms with Crippen LogP contribution in [0, 0.1) is 0 Å². The molecule has 3 heterocycles. The second-order valence-corrected chi connectivity index (χ2v) is 7.93. The van der Waals surface area contributed by atoms with E-state index >= 15 is 0 Å². The standard InChI is InChI=1S/C19H24ClN5O2/c1-19(2,3)27-18(26)25-6-4-15(5-7-25)24-16-8-13(9-21-12-16)14-10-22-17(20)23-11-14/h8-12,15,24H,4-7H2,1-3H3. The molecule has 2 aromatic rings. The number of halogens is 1. The Kier molecular flexibility index (Phi) is 5.79. The first-order chi connectivity index (χ1) is 12.8. The summed E-state index contributed by atoms with van der Waals surface area (Å²) in [5.74, 6) is 0. The van der Waals surface area contributed by atoms with Crippen LogP contribution >= 0.6 is 11.6 Å². The van der Waals surface area contributed by atoms with Crippen LogP contribution in [-0.4, -0.2) is 50.7 Å². The lowest BCUT2D eigenvalue weighted by Crippen LogP contribution is -2.44. The number of amides is 1. The normalized spacial score (nSPS) is 15.5. The predicted molar refractivity (Wildman–Crippen MR) is 105 cm³/mol. The number of carbonyl (C=O) groups excluding carboxylic acids is 1. The molecule has 0 aromatic carbocycles. The molecule has 2 aromatic heterocycles. The molecule has 0 bridgehead atoms. The van der Waals surface area contributed by atoms with Gasteiger partial charge in [0.2, 0.25) is 5.28 Å². The van der Waals surface area contributed by atoms with E-state index in [0.717, 1.165) is 29.7 Å². The third-order valence-electron chi connectivity index (χ3n) is 4.21. The molecule has 0 unspecified atom stereocenters. The lowest BCUT2D eigenvalue weighted by Gasteiger charge is -2.34. The molecule has 1 saturated heterocycles. The first-order valence-corrected chi connectivity index (χ1v) is 9.35. The fourth-order valence-electron chi connectivity index (χ4n) is 2.91. The molecule has 1 fully saturated rings. The lowest BCUT2D eigenvalue weighted by molar-refractivity contribution is 0.0210. The first kappa shape index (κ1) is 19.4. The largest absolute Gasteiger partial charge is 0.444 e. The van der Waals surface area contributed by atoms with E-state index in [1.807, 2.05) is 26.8 Å². The number of rotatable bonds is 3. The molecule has 1 N–H and O–H groups in total. The van der Waals surface area contributed by atoms with E-state index in [0.29, 0.717) is 13.1 Å². The van der Waals surface area contributed by atoms with Crippen LogP contribution in [0.4, 0.5) is 10.5 Å². The van der Waals surface area contributed by atoms with Gasteiger partial charge in [0, 0.05) is 55.0 Å². The number of aromatic nitrogens is 3. The smallest absolute Gasteiger partial charge is 0.410 e. The minimum Gasteiger partial charge on any atom is -0.444 e. The number of nitrogens with one attached hydrogen (secondary N) is 1. The average Bonchev–Trinajstić information content (AvgIpc) is 2.62. The van der Waals surface area contributed by atoms with Gasteiger partial charge in [-0.2, -0.15) is 0 Å². The zero-order valence-electron chi connectivity index (χ0n) is 15.8. The van der Waals surface area contributed by atoms with Crippen molar-refractivity contribution in [2.75, 3.05) is 18.4 Å². The van der Waals surface area contributed by atoms with E-state index in [9.17, 15) is 4.79 Å². The number of hydrogen-bond acceptors (Lipinski definition) is 6. The highest BCUT2D eigenvalue weighted by atomic mass is 35.5. The van der Waals surface area contributed by atoms with E-state index in [2.05, 4.69) is 20.3 Å². The average molecular weight is 390 g/mol. The van der Waals surface area contributed by atoms with Gasteiger partial charge in [-0.15, -0.1) is 0 Å². The zero-order chi connectivity index (χ0) is 19.4. The van der Waals surface area contributed by atoms with Gasteiger partial charge in [-0.25, -0.2) is 14.8 Å². The Morgan fingerprint density at radius 3 is 2.44 bits per heavy atom. The van der Waals surface area contributed by atoms with Gasteiger partial charge >= 0.3 is 6.09 Å². The van der Waals surface area contributed by atoms with Crippen molar-refractivity contribution in [2.24, 2.45) is 0 Å². The highest BCUT2D eigenvalue weighted by molar-refractivity contribution is 6.28. The fraction of sp³-hybridized carbons (Fsp3) is 0.474. The highest BCUT2D eigenvalue weighted by Crippen LogP contribution is 2.23. The van der Waals surface area contributed by atoms with Gasteiger partial charge in [0.25, 0.3) is 0 Å². The van der Waals surface area contributed by atoms with Gasteiger partial charge in [-0.1, -0.05) is 0 Å². The van der Waals surface area contributed by atoms with Crippen LogP contribution in [0.5, 0.6) is 0 Å². The monoisotopic (exact) mass is 389 g/mol. The third-order valence-corrected chi connectivity index (χ3v) is 4.40. The van der Waals surface area contributed by atoms with Gasteiger partial charge in [-0.05, 0) is 51.3 Å². The molecule has 8 heteroatoms. The van der Waals surface area contributed by atoms with Crippen molar-refractivity contribution >= 4 is 23.4 Å². The van der Waals surface area contributed by atoms with E-state index in [1.165, 1.54) is 0 Å². The summed E-state index contributed by atoms with van der Waals surface area (Å²) in [5, 5.41) is 3.72. The second kappa shape index (κ2) is 8.08. The molecule has 1 aliphatic heterocycles. The summed E-state index contributed by atoms with van der Waals surface area (Å²) in [6.45, 7) is 6.98. The van der Waals surface area contributed by atoms with E-state index in [1.54, 1.807) is 29.7 Å². The van der Waals surface area contributed by atoms with Crippen molar-refractivity contribution < 1.29 is 9.53 Å². The van der Waals surface area contributed by atoms with Gasteiger partial charge < -0.3 is 15.0 Å². The number of pyridine rings is 1. The predicted octanol–water partition coefficient (Wildman–Crippen LogP) is 4.00. The van der Waals surface area contributed by atoms with Crippen molar-refractivity contribution in [1.82, 2.24) is 19.9 Å². The minimum atomic E-state index is -0.469. The van der Waals surface area contributed by atoms with Gasteiger partial charge in [-0.3, -0.25) is 4.98 Å². The van der Waals surface area contributed by atoms with Crippen molar-refractivity contribution in [3.8, 4) is 11.1 Å². The van der Waals surface area contributed by atoms with Crippen molar-refractivity contribution in [3.63, 3.8) is 0 Å². The maximum Gasteiger partial charge on any atom is 0.410 e. The summed E-state index contributed by atoms with van der Waals surface area (Å²) in [6, 6.07) is 2.29. The molecule has 3 rings (SSSR count). The Morgan fingerprint density at radius 2 is 1.81 bits per heavy atom. The summed E-state index contributed by atoms with van der Waals surface area (Å²) < 4.78 is 5.44. The number of nitrogens with zero attached hydrogens (tertiary/aromatic N) is 4. The molecule has 1 aliphatic rings. The molecule has 0 spiro atoms. The highest BCUT2D eigenvalue weighted by Gasteiger charge is 2.26. The molecular formula is C19H24ClN5O2. The van der Waals surface area contributed by atoms with Crippen LogP contribution in [0.15, 0.2) is 30.9 Å². The number of piperidine rings is 1. The number of ether oxygens (including phenoxy) is 1. The molecule has 0 saturated carbocycles. The second-order valence-electron chi connectivity index (χ2n) is 7.59. The molecular weight excluding hydrogens is 366 g/mol. The van der Waals surface area contributed by atoms with Crippen molar-refractivity contribution in [3.05, 3.63) is 36.1 Å². The van der Waals surface area contributed by atoms with Crippen LogP contribution in [0.3, 0.4) is 0 Å². The summed E-state index contributed by atoms with van der Waals surface area (Å²) in [6.07, 6.45) is 8.38. The topological polar surface area (TPSA) is 80.2 Å². The molecule has 0 aliphatic carbocycles. The van der Waals surface area contributed by atoms with Crippen LogP contribution in [0.25, 0.3) is 11.1 Å². The summed E-state index contributed by atoms with van der Waals surface area (Å²) >= 11 is 5.74. The summed E-state index contributed by atoms with van der Waals surface area (Å²) in [4.78, 5) is 26.2. The van der Waals surface area contributed by atoms with Crippen molar-refractivity contribution in [1.29, 1.82) is 0 Å². The Bertz CT molecular complexity index is 783. The van der Waals surface area contributed by atoms with Gasteiger partial charge in [0.05, 0.1) is 5.69 Å². The SMILES string of the molecule is CC(C)(C)OC(=O)N1CCC(Nc2cncc(-c3cnc(Cl)nc3)c2)CC1. The van der Waals surface area contributed by atoms with E-state index in [4.69, 9.17) is 16.3 Å². The molecule has 144 valence electrons. The molecule has 7 nitrogen and oxygen atoms in total. The van der Waals surface area contributed by atoms with Gasteiger partial charge in [0.15, 0.2) is 0 Å². The maximum absolute atomic E-state index is 12.2. The zero-order valence-corrected chi connectivity index (χ0v) is 16.5. The summed E-state index contributed by atoms with van der Waals surface area (Å²) in [7, 11) is 0. The van der Waals surface area contributed by atoms with Crippen LogP contribution < -0.4 is 5.32 Å². The molecule has 27 heavy (non-hydrogen) atoms. The molecule has 0 atom stereocenters. The Morgan fingerprint density at radius 1 is 1.15 bits per heavy atom.